The number of unbranched alkanes of at least 4 members (excludes halogenated alkanes) is 2. The molecule has 0 unspecified atom stereocenters. The molecular formula is C32H48. The number of hydrogen-bond acceptors (Lipinski definition) is 0. The average Bonchev–Trinajstić information content (AvgIpc) is 2.83. The summed E-state index contributed by atoms with van der Waals surface area (Å²) in [4.78, 5) is 0. The molecular weight excluding hydrogens is 384 g/mol. The molecule has 0 bridgehead atoms. The Balaban J connectivity index is 1.30. The molecule has 3 rings (SSSR count). The second-order valence-corrected chi connectivity index (χ2v) is 10.8. The Morgan fingerprint density at radius 1 is 0.719 bits per heavy atom. The molecule has 0 saturated heterocycles. The van der Waals surface area contributed by atoms with Gasteiger partial charge >= 0.3 is 0 Å². The molecule has 2 aliphatic rings. The van der Waals surface area contributed by atoms with Gasteiger partial charge in [-0.2, -0.15) is 0 Å². The lowest BCUT2D eigenvalue weighted by atomic mass is 9.75. The van der Waals surface area contributed by atoms with Crippen molar-refractivity contribution in [3.63, 3.8) is 0 Å². The summed E-state index contributed by atoms with van der Waals surface area (Å²) in [6, 6.07) is 8.87. The van der Waals surface area contributed by atoms with Gasteiger partial charge in [0.25, 0.3) is 0 Å². The molecule has 32 heavy (non-hydrogen) atoms. The Morgan fingerprint density at radius 3 is 1.91 bits per heavy atom. The van der Waals surface area contributed by atoms with E-state index in [0.717, 1.165) is 29.2 Å². The van der Waals surface area contributed by atoms with Crippen LogP contribution in [0.25, 0.3) is 0 Å². The van der Waals surface area contributed by atoms with Crippen LogP contribution in [-0.2, 0) is 6.42 Å². The minimum absolute atomic E-state index is 0.756. The van der Waals surface area contributed by atoms with E-state index in [-0.39, 0.29) is 0 Å². The van der Waals surface area contributed by atoms with Gasteiger partial charge in [0.15, 0.2) is 0 Å². The first kappa shape index (κ1) is 25.1. The van der Waals surface area contributed by atoms with Crippen LogP contribution in [0.1, 0.15) is 121 Å². The van der Waals surface area contributed by atoms with E-state index in [4.69, 9.17) is 0 Å². The molecule has 2 saturated carbocycles. The topological polar surface area (TPSA) is 0 Å². The van der Waals surface area contributed by atoms with Crippen LogP contribution in [0.5, 0.6) is 0 Å². The molecule has 0 heteroatoms. The molecule has 1 aromatic rings. The molecule has 2 aliphatic carbocycles. The van der Waals surface area contributed by atoms with Crippen molar-refractivity contribution in [2.75, 3.05) is 0 Å². The summed E-state index contributed by atoms with van der Waals surface area (Å²) < 4.78 is 0. The highest BCUT2D eigenvalue weighted by molar-refractivity contribution is 5.38. The molecule has 0 nitrogen and oxygen atoms in total. The van der Waals surface area contributed by atoms with Crippen LogP contribution in [0.15, 0.2) is 36.4 Å². The molecule has 176 valence electrons. The predicted molar refractivity (Wildman–Crippen MR) is 141 cm³/mol. The summed E-state index contributed by atoms with van der Waals surface area (Å²) in [5, 5.41) is 0. The zero-order valence-corrected chi connectivity index (χ0v) is 21.1. The van der Waals surface area contributed by atoms with E-state index in [0.29, 0.717) is 0 Å². The SMILES string of the molecule is CCCCCc1ccc(C#CC=C[C@H]2CC[C@H](CC[C@H]3CC[C@H](CCC)CC3)CC2)cc1. The number of hydrogen-bond donors (Lipinski definition) is 0. The highest BCUT2D eigenvalue weighted by Gasteiger charge is 2.23. The largest absolute Gasteiger partial charge is 0.0730 e. The van der Waals surface area contributed by atoms with Crippen molar-refractivity contribution < 1.29 is 0 Å². The first-order valence-corrected chi connectivity index (χ1v) is 14.0. The van der Waals surface area contributed by atoms with Gasteiger partial charge in [0, 0.05) is 5.56 Å². The van der Waals surface area contributed by atoms with Crippen molar-refractivity contribution in [3.8, 4) is 11.8 Å². The summed E-state index contributed by atoms with van der Waals surface area (Å²) in [6.45, 7) is 4.61. The Hall–Kier alpha value is -1.48. The molecule has 0 atom stereocenters. The van der Waals surface area contributed by atoms with E-state index in [2.05, 4.69) is 62.1 Å². The standard InChI is InChI=1S/C32H48/c1-3-5-6-10-28-15-17-29(18-16-28)11-7-8-12-30-19-23-32(24-20-30)26-25-31-21-13-27(9-4-2)14-22-31/h8,12,15-18,27,30-32H,3-6,9-10,13-14,19-26H2,1-2H3/t27-,30-,31-,32-. The highest BCUT2D eigenvalue weighted by atomic mass is 14.3. The van der Waals surface area contributed by atoms with Gasteiger partial charge in [-0.25, -0.2) is 0 Å². The van der Waals surface area contributed by atoms with Crippen LogP contribution in [0.2, 0.25) is 0 Å². The van der Waals surface area contributed by atoms with Gasteiger partial charge in [-0.05, 0) is 86.0 Å². The fourth-order valence-electron chi connectivity index (χ4n) is 6.00. The minimum Gasteiger partial charge on any atom is -0.0730 e. The van der Waals surface area contributed by atoms with Crippen LogP contribution in [0.3, 0.4) is 0 Å². The van der Waals surface area contributed by atoms with Gasteiger partial charge in [0.05, 0.1) is 0 Å². The quantitative estimate of drug-likeness (QED) is 0.255. The molecule has 0 N–H and O–H groups in total. The third-order valence-electron chi connectivity index (χ3n) is 8.23. The number of aryl methyl sites for hydroxylation is 1. The van der Waals surface area contributed by atoms with Crippen molar-refractivity contribution in [2.24, 2.45) is 23.7 Å². The Labute approximate surface area is 199 Å². The maximum atomic E-state index is 3.32. The third-order valence-corrected chi connectivity index (χ3v) is 8.23. The van der Waals surface area contributed by atoms with Crippen molar-refractivity contribution in [2.45, 2.75) is 117 Å². The summed E-state index contributed by atoms with van der Waals surface area (Å²) in [6.07, 6.45) is 27.2. The number of benzene rings is 1. The van der Waals surface area contributed by atoms with E-state index in [9.17, 15) is 0 Å². The molecule has 0 aliphatic heterocycles. The van der Waals surface area contributed by atoms with Crippen molar-refractivity contribution in [1.29, 1.82) is 0 Å². The molecule has 0 heterocycles. The van der Waals surface area contributed by atoms with E-state index < -0.39 is 0 Å². The van der Waals surface area contributed by atoms with E-state index in [1.54, 1.807) is 0 Å². The molecule has 0 spiro atoms. The second-order valence-electron chi connectivity index (χ2n) is 10.8. The zero-order chi connectivity index (χ0) is 22.4. The van der Waals surface area contributed by atoms with E-state index in [1.165, 1.54) is 108 Å². The molecule has 2 fully saturated rings. The minimum atomic E-state index is 0.756. The van der Waals surface area contributed by atoms with Crippen LogP contribution >= 0.6 is 0 Å². The smallest absolute Gasteiger partial charge is 0.0249 e. The number of allylic oxidation sites excluding steroid dienone is 2. The summed E-state index contributed by atoms with van der Waals surface area (Å²) in [5.74, 6) is 10.4. The predicted octanol–water partition coefficient (Wildman–Crippen LogP) is 9.52. The Morgan fingerprint density at radius 2 is 1.31 bits per heavy atom. The van der Waals surface area contributed by atoms with Crippen LogP contribution in [-0.4, -0.2) is 0 Å². The lowest BCUT2D eigenvalue weighted by Gasteiger charge is -2.31. The Kier molecular flexibility index (Phi) is 11.5. The monoisotopic (exact) mass is 432 g/mol. The van der Waals surface area contributed by atoms with Crippen molar-refractivity contribution >= 4 is 0 Å². The number of rotatable bonds is 10. The van der Waals surface area contributed by atoms with Gasteiger partial charge in [-0.15, -0.1) is 0 Å². The fourth-order valence-corrected chi connectivity index (χ4v) is 6.00. The maximum Gasteiger partial charge on any atom is 0.0249 e. The van der Waals surface area contributed by atoms with Gasteiger partial charge in [-0.1, -0.05) is 108 Å². The average molecular weight is 433 g/mol. The van der Waals surface area contributed by atoms with Crippen LogP contribution in [0, 0.1) is 35.5 Å². The normalized spacial score (nSPS) is 26.1. The van der Waals surface area contributed by atoms with E-state index in [1.807, 2.05) is 0 Å². The second kappa shape index (κ2) is 14.6. The first-order valence-electron chi connectivity index (χ1n) is 14.0. The summed E-state index contributed by atoms with van der Waals surface area (Å²) in [5.41, 5.74) is 2.59. The van der Waals surface area contributed by atoms with Gasteiger partial charge in [0.1, 0.15) is 0 Å². The zero-order valence-electron chi connectivity index (χ0n) is 21.1. The van der Waals surface area contributed by atoms with Gasteiger partial charge in [-0.3, -0.25) is 0 Å². The third kappa shape index (κ3) is 9.17. The molecule has 0 radical (unpaired) electrons. The maximum absolute atomic E-state index is 3.32. The Bertz CT molecular complexity index is 697. The van der Waals surface area contributed by atoms with Crippen molar-refractivity contribution in [3.05, 3.63) is 47.5 Å². The lowest BCUT2D eigenvalue weighted by Crippen LogP contribution is -2.17. The van der Waals surface area contributed by atoms with Gasteiger partial charge in [0.2, 0.25) is 0 Å². The van der Waals surface area contributed by atoms with Crippen LogP contribution in [0.4, 0.5) is 0 Å². The van der Waals surface area contributed by atoms with Gasteiger partial charge < -0.3 is 0 Å². The summed E-state index contributed by atoms with van der Waals surface area (Å²) >= 11 is 0. The summed E-state index contributed by atoms with van der Waals surface area (Å²) in [7, 11) is 0. The van der Waals surface area contributed by atoms with Crippen molar-refractivity contribution in [1.82, 2.24) is 0 Å². The molecule has 0 aromatic heterocycles. The molecule has 0 amide bonds. The van der Waals surface area contributed by atoms with Crippen LogP contribution < -0.4 is 0 Å². The molecule has 1 aromatic carbocycles. The fraction of sp³-hybridized carbons (Fsp3) is 0.688. The van der Waals surface area contributed by atoms with E-state index >= 15 is 0 Å². The first-order chi connectivity index (χ1) is 15.8. The highest BCUT2D eigenvalue weighted by Crippen LogP contribution is 2.37. The lowest BCUT2D eigenvalue weighted by molar-refractivity contribution is 0.221.